The van der Waals surface area contributed by atoms with E-state index < -0.39 is 2.14 Å². The molecule has 0 heterocycles. The molecule has 3 nitrogen and oxygen atoms in total. The SMILES string of the molecule is O=C(Cl)CCCCCNC(=O)C(Br)(Br)Br. The summed E-state index contributed by atoms with van der Waals surface area (Å²) >= 11 is 14.5. The maximum Gasteiger partial charge on any atom is 0.258 e. The van der Waals surface area contributed by atoms with E-state index in [-0.39, 0.29) is 11.1 Å². The summed E-state index contributed by atoms with van der Waals surface area (Å²) in [5.41, 5.74) is 0. The molecule has 1 N–H and O–H groups in total. The van der Waals surface area contributed by atoms with Crippen LogP contribution in [0.25, 0.3) is 0 Å². The van der Waals surface area contributed by atoms with Crippen molar-refractivity contribution >= 4 is 70.5 Å². The molecule has 0 rings (SSSR count). The van der Waals surface area contributed by atoms with Crippen LogP contribution in [0, 0.1) is 0 Å². The van der Waals surface area contributed by atoms with Gasteiger partial charge in [0.25, 0.3) is 5.91 Å². The lowest BCUT2D eigenvalue weighted by atomic mass is 10.2. The summed E-state index contributed by atoms with van der Waals surface area (Å²) in [6.45, 7) is 0.583. The molecular formula is C8H11Br3ClNO2. The third-order valence-electron chi connectivity index (χ3n) is 1.59. The van der Waals surface area contributed by atoms with Crippen LogP contribution in [0.5, 0.6) is 0 Å². The average molecular weight is 428 g/mol. The first-order valence-corrected chi connectivity index (χ1v) is 7.13. The Kier molecular flexibility index (Phi) is 8.50. The Morgan fingerprint density at radius 3 is 2.20 bits per heavy atom. The van der Waals surface area contributed by atoms with E-state index in [9.17, 15) is 9.59 Å². The number of carbonyl (C=O) groups excluding carboxylic acids is 2. The predicted molar refractivity (Wildman–Crippen MR) is 71.8 cm³/mol. The molecule has 15 heavy (non-hydrogen) atoms. The van der Waals surface area contributed by atoms with E-state index in [4.69, 9.17) is 11.6 Å². The van der Waals surface area contributed by atoms with E-state index in [0.29, 0.717) is 13.0 Å². The molecule has 88 valence electrons. The van der Waals surface area contributed by atoms with Crippen LogP contribution in [0.2, 0.25) is 0 Å². The van der Waals surface area contributed by atoms with E-state index in [2.05, 4.69) is 53.1 Å². The van der Waals surface area contributed by atoms with E-state index in [0.717, 1.165) is 19.3 Å². The monoisotopic (exact) mass is 425 g/mol. The third kappa shape index (κ3) is 9.78. The van der Waals surface area contributed by atoms with Crippen LogP contribution in [-0.4, -0.2) is 19.8 Å². The lowest BCUT2D eigenvalue weighted by Crippen LogP contribution is -2.34. The van der Waals surface area contributed by atoms with Crippen molar-refractivity contribution < 1.29 is 9.59 Å². The Bertz CT molecular complexity index is 230. The van der Waals surface area contributed by atoms with Gasteiger partial charge in [-0.05, 0) is 72.2 Å². The lowest BCUT2D eigenvalue weighted by Gasteiger charge is -2.11. The van der Waals surface area contributed by atoms with Crippen molar-refractivity contribution in [3.8, 4) is 0 Å². The summed E-state index contributed by atoms with van der Waals surface area (Å²) < 4.78 is -0.890. The first kappa shape index (κ1) is 15.9. The Balaban J connectivity index is 3.40. The molecule has 0 aliphatic carbocycles. The fourth-order valence-electron chi connectivity index (χ4n) is 0.868. The Morgan fingerprint density at radius 2 is 1.73 bits per heavy atom. The molecule has 0 aromatic rings. The molecule has 0 saturated carbocycles. The fraction of sp³-hybridized carbons (Fsp3) is 0.750. The number of hydrogen-bond acceptors (Lipinski definition) is 2. The summed E-state index contributed by atoms with van der Waals surface area (Å²) in [5.74, 6) is -0.184. The Labute approximate surface area is 119 Å². The van der Waals surface area contributed by atoms with Crippen molar-refractivity contribution in [1.29, 1.82) is 0 Å². The number of nitrogens with one attached hydrogen (secondary N) is 1. The first-order chi connectivity index (χ1) is 6.84. The molecule has 0 bridgehead atoms. The number of hydrogen-bond donors (Lipinski definition) is 1. The molecule has 7 heteroatoms. The molecule has 0 aromatic heterocycles. The zero-order valence-corrected chi connectivity index (χ0v) is 13.4. The predicted octanol–water partition coefficient (Wildman–Crippen LogP) is 3.27. The smallest absolute Gasteiger partial charge is 0.258 e. The average Bonchev–Trinajstić information content (AvgIpc) is 2.08. The van der Waals surface area contributed by atoms with Gasteiger partial charge in [0.15, 0.2) is 0 Å². The van der Waals surface area contributed by atoms with Gasteiger partial charge in [0.05, 0.1) is 0 Å². The first-order valence-electron chi connectivity index (χ1n) is 4.37. The van der Waals surface area contributed by atoms with Gasteiger partial charge in [-0.1, -0.05) is 6.42 Å². The van der Waals surface area contributed by atoms with Crippen LogP contribution in [0.3, 0.4) is 0 Å². The minimum atomic E-state index is -0.890. The Hall–Kier alpha value is 0.870. The topological polar surface area (TPSA) is 46.2 Å². The van der Waals surface area contributed by atoms with Crippen LogP contribution in [0.4, 0.5) is 0 Å². The normalized spacial score (nSPS) is 11.2. The largest absolute Gasteiger partial charge is 0.353 e. The summed E-state index contributed by atoms with van der Waals surface area (Å²) in [4.78, 5) is 21.7. The van der Waals surface area contributed by atoms with Crippen LogP contribution in [0.1, 0.15) is 25.7 Å². The molecule has 0 aliphatic heterocycles. The molecular weight excluding hydrogens is 417 g/mol. The summed E-state index contributed by atoms with van der Waals surface area (Å²) in [7, 11) is 0. The number of alkyl halides is 3. The van der Waals surface area contributed by atoms with Gasteiger partial charge in [-0.2, -0.15) is 0 Å². The molecule has 0 unspecified atom stereocenters. The number of halogens is 4. The highest BCUT2D eigenvalue weighted by Crippen LogP contribution is 2.33. The molecule has 0 saturated heterocycles. The van der Waals surface area contributed by atoms with Crippen LogP contribution in [-0.2, 0) is 9.59 Å². The number of amides is 1. The zero-order valence-electron chi connectivity index (χ0n) is 7.86. The van der Waals surface area contributed by atoms with Gasteiger partial charge in [-0.25, -0.2) is 0 Å². The summed E-state index contributed by atoms with van der Waals surface area (Å²) in [6.07, 6.45) is 2.87. The number of unbranched alkanes of at least 4 members (excludes halogenated alkanes) is 2. The van der Waals surface area contributed by atoms with E-state index in [1.807, 2.05) is 0 Å². The van der Waals surface area contributed by atoms with Crippen LogP contribution in [0.15, 0.2) is 0 Å². The van der Waals surface area contributed by atoms with Crippen LogP contribution < -0.4 is 5.32 Å². The molecule has 0 aliphatic rings. The van der Waals surface area contributed by atoms with Crippen LogP contribution >= 0.6 is 59.4 Å². The number of rotatable bonds is 6. The van der Waals surface area contributed by atoms with Gasteiger partial charge in [0.1, 0.15) is 0 Å². The van der Waals surface area contributed by atoms with Crippen molar-refractivity contribution in [2.75, 3.05) is 6.54 Å². The fourth-order valence-corrected chi connectivity index (χ4v) is 1.42. The second-order valence-corrected chi connectivity index (χ2v) is 10.1. The van der Waals surface area contributed by atoms with Crippen molar-refractivity contribution in [2.45, 2.75) is 27.8 Å². The van der Waals surface area contributed by atoms with E-state index in [1.54, 1.807) is 0 Å². The zero-order chi connectivity index (χ0) is 11.9. The lowest BCUT2D eigenvalue weighted by molar-refractivity contribution is -0.119. The van der Waals surface area contributed by atoms with E-state index >= 15 is 0 Å². The molecule has 0 radical (unpaired) electrons. The van der Waals surface area contributed by atoms with Crippen molar-refractivity contribution in [1.82, 2.24) is 5.32 Å². The maximum absolute atomic E-state index is 11.3. The standard InChI is InChI=1S/C8H11Br3ClNO2/c9-8(10,11)7(15)13-5-3-1-2-4-6(12)14/h1-5H2,(H,13,15). The van der Waals surface area contributed by atoms with Crippen molar-refractivity contribution in [3.05, 3.63) is 0 Å². The minimum absolute atomic E-state index is 0.184. The van der Waals surface area contributed by atoms with Gasteiger partial charge < -0.3 is 5.32 Å². The van der Waals surface area contributed by atoms with Gasteiger partial charge in [-0.3, -0.25) is 9.59 Å². The van der Waals surface area contributed by atoms with Gasteiger partial charge in [-0.15, -0.1) is 0 Å². The second kappa shape index (κ2) is 8.03. The van der Waals surface area contributed by atoms with Crippen molar-refractivity contribution in [2.24, 2.45) is 0 Å². The quantitative estimate of drug-likeness (QED) is 0.401. The van der Waals surface area contributed by atoms with E-state index in [1.165, 1.54) is 0 Å². The highest BCUT2D eigenvalue weighted by atomic mass is 80.0. The second-order valence-electron chi connectivity index (χ2n) is 2.92. The third-order valence-corrected chi connectivity index (χ3v) is 2.86. The van der Waals surface area contributed by atoms with Gasteiger partial charge in [0, 0.05) is 13.0 Å². The van der Waals surface area contributed by atoms with Crippen molar-refractivity contribution in [3.63, 3.8) is 0 Å². The molecule has 1 amide bonds. The molecule has 0 fully saturated rings. The Morgan fingerprint density at radius 1 is 1.13 bits per heavy atom. The summed E-state index contributed by atoms with van der Waals surface area (Å²) in [6, 6.07) is 0. The number of carbonyl (C=O) groups is 2. The highest BCUT2D eigenvalue weighted by Gasteiger charge is 2.27. The highest BCUT2D eigenvalue weighted by molar-refractivity contribution is 9.40. The van der Waals surface area contributed by atoms with Gasteiger partial charge >= 0.3 is 0 Å². The summed E-state index contributed by atoms with van der Waals surface area (Å²) in [5, 5.41) is 2.41. The molecule has 0 aromatic carbocycles. The minimum Gasteiger partial charge on any atom is -0.353 e. The van der Waals surface area contributed by atoms with Gasteiger partial charge in [0.2, 0.25) is 7.39 Å². The molecule has 0 spiro atoms. The molecule has 0 atom stereocenters. The maximum atomic E-state index is 11.3.